The summed E-state index contributed by atoms with van der Waals surface area (Å²) in [6, 6.07) is 1.70. The van der Waals surface area contributed by atoms with E-state index in [0.717, 1.165) is 17.3 Å². The van der Waals surface area contributed by atoms with Crippen molar-refractivity contribution < 1.29 is 0 Å². The number of hydrogen-bond donors (Lipinski definition) is 3. The second kappa shape index (κ2) is 6.41. The second-order valence-corrected chi connectivity index (χ2v) is 5.83. The molecule has 7 heteroatoms. The number of rotatable bonds is 2. The fourth-order valence-electron chi connectivity index (χ4n) is 2.44. The summed E-state index contributed by atoms with van der Waals surface area (Å²) in [7, 11) is 0. The van der Waals surface area contributed by atoms with Crippen molar-refractivity contribution in [1.29, 1.82) is 5.41 Å². The van der Waals surface area contributed by atoms with Gasteiger partial charge in [-0.2, -0.15) is 0 Å². The topological polar surface area (TPSA) is 101 Å². The number of nitrogens with two attached hydrogens (primary N) is 1. The van der Waals surface area contributed by atoms with Crippen LogP contribution < -0.4 is 27.1 Å². The summed E-state index contributed by atoms with van der Waals surface area (Å²) in [6.45, 7) is 3.74. The van der Waals surface area contributed by atoms with Crippen molar-refractivity contribution in [2.45, 2.75) is 20.3 Å². The molecule has 0 saturated carbocycles. The van der Waals surface area contributed by atoms with Crippen LogP contribution in [0.1, 0.15) is 26.0 Å². The van der Waals surface area contributed by atoms with E-state index >= 15 is 0 Å². The SMILES string of the molecule is CCC1=Cc2nc(=N)/c(=C(/C)N)nc(-c3cnccc3Cl)c2=CN1. The fourth-order valence-corrected chi connectivity index (χ4v) is 2.63. The number of pyridine rings is 1. The third kappa shape index (κ3) is 2.88. The lowest BCUT2D eigenvalue weighted by Gasteiger charge is -2.10. The minimum Gasteiger partial charge on any atom is -0.400 e. The standard InChI is InChI=1S/C17H17ClN6/c1-3-10-6-14-12(8-22-10)16(11-7-21-5-4-13(11)18)24-15(9(2)19)17(20)23-14/h4-8,20,22H,3,19H2,1-2H3/b15-9+,20-17?. The predicted molar refractivity (Wildman–Crippen MR) is 94.5 cm³/mol. The Hall–Kier alpha value is -2.73. The van der Waals surface area contributed by atoms with E-state index < -0.39 is 0 Å². The molecule has 2 aromatic heterocycles. The van der Waals surface area contributed by atoms with E-state index in [0.29, 0.717) is 33.0 Å². The number of hydrogen-bond acceptors (Lipinski definition) is 6. The molecule has 1 aliphatic rings. The molecule has 3 heterocycles. The van der Waals surface area contributed by atoms with Gasteiger partial charge in [0.25, 0.3) is 0 Å². The second-order valence-electron chi connectivity index (χ2n) is 5.42. The van der Waals surface area contributed by atoms with Crippen molar-refractivity contribution >= 4 is 29.6 Å². The number of nitrogens with one attached hydrogen (secondary N) is 2. The van der Waals surface area contributed by atoms with Crippen molar-refractivity contribution in [1.82, 2.24) is 20.3 Å². The van der Waals surface area contributed by atoms with Crippen LogP contribution in [0.25, 0.3) is 29.2 Å². The molecule has 0 unspecified atom stereocenters. The first-order valence-corrected chi connectivity index (χ1v) is 7.89. The van der Waals surface area contributed by atoms with E-state index in [1.807, 2.05) is 19.2 Å². The van der Waals surface area contributed by atoms with Crippen molar-refractivity contribution in [2.75, 3.05) is 0 Å². The average molecular weight is 341 g/mol. The monoisotopic (exact) mass is 340 g/mol. The molecule has 0 radical (unpaired) electrons. The van der Waals surface area contributed by atoms with Crippen LogP contribution in [0.5, 0.6) is 0 Å². The smallest absolute Gasteiger partial charge is 0.173 e. The molecule has 0 aromatic carbocycles. The van der Waals surface area contributed by atoms with E-state index in [1.54, 1.807) is 25.4 Å². The highest BCUT2D eigenvalue weighted by molar-refractivity contribution is 6.33. The van der Waals surface area contributed by atoms with Gasteiger partial charge < -0.3 is 11.1 Å². The Morgan fingerprint density at radius 3 is 2.83 bits per heavy atom. The highest BCUT2D eigenvalue weighted by Crippen LogP contribution is 2.22. The molecule has 3 rings (SSSR count). The molecule has 0 amide bonds. The minimum absolute atomic E-state index is 0.0273. The number of halogens is 1. The molecule has 2 aromatic rings. The number of allylic oxidation sites excluding steroid dienone is 1. The first kappa shape index (κ1) is 16.1. The summed E-state index contributed by atoms with van der Waals surface area (Å²) in [5, 5.41) is 13.1. The summed E-state index contributed by atoms with van der Waals surface area (Å²) in [4.78, 5) is 13.1. The molecule has 4 N–H and O–H groups in total. The van der Waals surface area contributed by atoms with Gasteiger partial charge in [-0.25, -0.2) is 9.97 Å². The quantitative estimate of drug-likeness (QED) is 0.752. The zero-order chi connectivity index (χ0) is 17.3. The van der Waals surface area contributed by atoms with Gasteiger partial charge in [0.05, 0.1) is 16.4 Å². The van der Waals surface area contributed by atoms with Crippen LogP contribution in [0, 0.1) is 5.41 Å². The Bertz CT molecular complexity index is 1020. The molecule has 1 aliphatic heterocycles. The van der Waals surface area contributed by atoms with Gasteiger partial charge in [0.2, 0.25) is 0 Å². The van der Waals surface area contributed by atoms with Crippen LogP contribution in [0.2, 0.25) is 5.02 Å². The van der Waals surface area contributed by atoms with E-state index in [9.17, 15) is 0 Å². The van der Waals surface area contributed by atoms with E-state index in [2.05, 4.69) is 20.3 Å². The van der Waals surface area contributed by atoms with Gasteiger partial charge in [-0.05, 0) is 25.5 Å². The van der Waals surface area contributed by atoms with Gasteiger partial charge >= 0.3 is 0 Å². The van der Waals surface area contributed by atoms with Gasteiger partial charge in [0.1, 0.15) is 5.35 Å². The zero-order valence-electron chi connectivity index (χ0n) is 13.4. The van der Waals surface area contributed by atoms with Gasteiger partial charge in [-0.15, -0.1) is 0 Å². The Morgan fingerprint density at radius 2 is 2.17 bits per heavy atom. The van der Waals surface area contributed by atoms with Crippen molar-refractivity contribution in [3.8, 4) is 11.3 Å². The van der Waals surface area contributed by atoms with Crippen LogP contribution in [0.3, 0.4) is 0 Å². The normalized spacial score (nSPS) is 14.0. The lowest BCUT2D eigenvalue weighted by atomic mass is 10.1. The molecular formula is C17H17ClN6. The summed E-state index contributed by atoms with van der Waals surface area (Å²) < 4.78 is 0. The van der Waals surface area contributed by atoms with Crippen molar-refractivity contribution in [3.05, 3.63) is 50.9 Å². The molecule has 0 fully saturated rings. The first-order valence-electron chi connectivity index (χ1n) is 7.51. The predicted octanol–water partition coefficient (Wildman–Crippen LogP) is 0.850. The Balaban J connectivity index is 2.51. The van der Waals surface area contributed by atoms with Gasteiger partial charge in [0.15, 0.2) is 5.49 Å². The highest BCUT2D eigenvalue weighted by Gasteiger charge is 2.13. The van der Waals surface area contributed by atoms with E-state index in [1.165, 1.54) is 0 Å². The van der Waals surface area contributed by atoms with Crippen molar-refractivity contribution in [2.24, 2.45) is 5.73 Å². The molecule has 0 spiro atoms. The molecule has 0 saturated heterocycles. The number of nitrogens with zero attached hydrogens (tertiary/aromatic N) is 3. The van der Waals surface area contributed by atoms with Gasteiger partial charge in [-0.1, -0.05) is 18.5 Å². The summed E-state index contributed by atoms with van der Waals surface area (Å²) in [6.07, 6.45) is 7.85. The minimum atomic E-state index is 0.0273. The van der Waals surface area contributed by atoms with Crippen LogP contribution in [0.15, 0.2) is 24.2 Å². The molecule has 122 valence electrons. The maximum atomic E-state index is 8.21. The third-order valence-electron chi connectivity index (χ3n) is 3.70. The average Bonchev–Trinajstić information content (AvgIpc) is 2.70. The third-order valence-corrected chi connectivity index (χ3v) is 4.03. The number of fused-ring (bicyclic) bond motifs is 1. The summed E-state index contributed by atoms with van der Waals surface area (Å²) >= 11 is 6.34. The van der Waals surface area contributed by atoms with Crippen LogP contribution in [0.4, 0.5) is 0 Å². The molecule has 0 aliphatic carbocycles. The molecule has 24 heavy (non-hydrogen) atoms. The van der Waals surface area contributed by atoms with Crippen molar-refractivity contribution in [3.63, 3.8) is 0 Å². The lowest BCUT2D eigenvalue weighted by Crippen LogP contribution is -2.32. The largest absolute Gasteiger partial charge is 0.400 e. The maximum Gasteiger partial charge on any atom is 0.173 e. The summed E-state index contributed by atoms with van der Waals surface area (Å²) in [5.41, 5.74) is 9.29. The zero-order valence-corrected chi connectivity index (χ0v) is 14.1. The van der Waals surface area contributed by atoms with Crippen LogP contribution >= 0.6 is 11.6 Å². The van der Waals surface area contributed by atoms with E-state index in [-0.39, 0.29) is 5.49 Å². The Labute approximate surface area is 144 Å². The maximum absolute atomic E-state index is 8.21. The molecular weight excluding hydrogens is 324 g/mol. The number of aromatic nitrogens is 3. The highest BCUT2D eigenvalue weighted by atomic mass is 35.5. The Kier molecular flexibility index (Phi) is 4.31. The first-order chi connectivity index (χ1) is 11.5. The Morgan fingerprint density at radius 1 is 1.38 bits per heavy atom. The van der Waals surface area contributed by atoms with E-state index in [4.69, 9.17) is 22.7 Å². The van der Waals surface area contributed by atoms with Gasteiger partial charge in [-0.3, -0.25) is 10.4 Å². The molecule has 0 bridgehead atoms. The lowest BCUT2D eigenvalue weighted by molar-refractivity contribution is 0.969. The fraction of sp³-hybridized carbons (Fsp3) is 0.176. The van der Waals surface area contributed by atoms with Gasteiger partial charge in [0, 0.05) is 40.8 Å². The van der Waals surface area contributed by atoms with Crippen LogP contribution in [-0.4, -0.2) is 15.0 Å². The molecule has 6 nitrogen and oxygen atoms in total. The van der Waals surface area contributed by atoms with Crippen LogP contribution in [-0.2, 0) is 0 Å². The summed E-state index contributed by atoms with van der Waals surface area (Å²) in [5.74, 6) is 0. The molecule has 0 atom stereocenters.